The Balaban J connectivity index is 1.85. The molecule has 2 fully saturated rings. The van der Waals surface area contributed by atoms with Gasteiger partial charge in [-0.15, -0.1) is 0 Å². The quantitative estimate of drug-likeness (QED) is 0.542. The van der Waals surface area contributed by atoms with Crippen molar-refractivity contribution >= 4 is 16.0 Å². The van der Waals surface area contributed by atoms with Gasteiger partial charge in [0.25, 0.3) is 0 Å². The lowest BCUT2D eigenvalue weighted by atomic mass is 9.93. The molecule has 0 spiro atoms. The highest BCUT2D eigenvalue weighted by Crippen LogP contribution is 2.25. The zero-order valence-corrected chi connectivity index (χ0v) is 11.9. The van der Waals surface area contributed by atoms with Crippen LogP contribution < -0.4 is 5.32 Å². The van der Waals surface area contributed by atoms with Gasteiger partial charge in [-0.1, -0.05) is 0 Å². The van der Waals surface area contributed by atoms with Crippen molar-refractivity contribution in [1.82, 2.24) is 5.32 Å². The fourth-order valence-corrected chi connectivity index (χ4v) is 2.50. The van der Waals surface area contributed by atoms with Gasteiger partial charge in [-0.25, -0.2) is 8.42 Å². The Kier molecular flexibility index (Phi) is 4.81. The van der Waals surface area contributed by atoms with Crippen molar-refractivity contribution in [2.45, 2.75) is 49.2 Å². The first-order valence-corrected chi connectivity index (χ1v) is 7.98. The van der Waals surface area contributed by atoms with Gasteiger partial charge in [-0.3, -0.25) is 4.79 Å². The highest BCUT2D eigenvalue weighted by molar-refractivity contribution is 7.87. The molecule has 7 nitrogen and oxygen atoms in total. The van der Waals surface area contributed by atoms with E-state index in [2.05, 4.69) is 0 Å². The third-order valence-electron chi connectivity index (χ3n) is 3.46. The Hall–Kier alpha value is -0.840. The minimum atomic E-state index is -6.02. The maximum atomic E-state index is 13.1. The number of carbonyl (C=O) groups excluding carboxylic acids is 1. The van der Waals surface area contributed by atoms with E-state index < -0.39 is 27.3 Å². The van der Waals surface area contributed by atoms with Crippen LogP contribution in [0.1, 0.15) is 25.7 Å². The van der Waals surface area contributed by atoms with E-state index in [9.17, 15) is 26.5 Å². The van der Waals surface area contributed by atoms with E-state index in [-0.39, 0.29) is 12.2 Å². The lowest BCUT2D eigenvalue weighted by Gasteiger charge is -2.31. The Morgan fingerprint density at radius 3 is 2.67 bits per heavy atom. The van der Waals surface area contributed by atoms with Gasteiger partial charge >= 0.3 is 11.2 Å². The molecule has 0 radical (unpaired) electrons. The summed E-state index contributed by atoms with van der Waals surface area (Å²) in [5, 5.41) is -3.04. The summed E-state index contributed by atoms with van der Waals surface area (Å²) in [6.45, 7) is 1.05. The molecule has 122 valence electrons. The molecule has 1 aliphatic carbocycles. The van der Waals surface area contributed by atoms with Gasteiger partial charge < -0.3 is 19.3 Å². The monoisotopic (exact) mass is 328 g/mol. The molecule has 0 aromatic heterocycles. The number of ether oxygens (including phenoxy) is 2. The summed E-state index contributed by atoms with van der Waals surface area (Å²) in [7, 11) is -6.02. The van der Waals surface area contributed by atoms with E-state index in [4.69, 9.17) is 9.47 Å². The summed E-state index contributed by atoms with van der Waals surface area (Å²) in [5.41, 5.74) is 0. The van der Waals surface area contributed by atoms with Gasteiger partial charge in [0, 0.05) is 6.04 Å². The number of amides is 1. The minimum absolute atomic E-state index is 0.0786. The van der Waals surface area contributed by atoms with Gasteiger partial charge in [-0.2, -0.15) is 8.78 Å². The lowest BCUT2D eigenvalue weighted by molar-refractivity contribution is -0.137. The fraction of sp³-hybridized carbons (Fsp3) is 0.909. The van der Waals surface area contributed by atoms with Crippen LogP contribution in [0.25, 0.3) is 0 Å². The van der Waals surface area contributed by atoms with E-state index in [0.29, 0.717) is 32.5 Å². The Morgan fingerprint density at radius 1 is 1.43 bits per heavy atom. The summed E-state index contributed by atoms with van der Waals surface area (Å²) in [4.78, 5) is 11.3. The number of carbonyl (C=O) groups is 1. The molecule has 1 N–H and O–H groups in total. The molecule has 2 rings (SSSR count). The molecule has 1 saturated heterocycles. The first-order valence-electron chi connectivity index (χ1n) is 6.57. The number of halogens is 2. The minimum Gasteiger partial charge on any atom is -0.743 e. The average Bonchev–Trinajstić information content (AvgIpc) is 3.19. The lowest BCUT2D eigenvalue weighted by Crippen LogP contribution is -2.51. The molecule has 2 aliphatic rings. The number of rotatable bonds is 6. The Bertz CT molecular complexity index is 493. The van der Waals surface area contributed by atoms with Crippen LogP contribution in [0.5, 0.6) is 0 Å². The molecule has 3 unspecified atom stereocenters. The van der Waals surface area contributed by atoms with Crippen molar-refractivity contribution in [1.29, 1.82) is 0 Å². The van der Waals surface area contributed by atoms with Crippen LogP contribution in [0.2, 0.25) is 0 Å². The second-order valence-corrected chi connectivity index (χ2v) is 6.64. The summed E-state index contributed by atoms with van der Waals surface area (Å²) in [6.07, 6.45) is 1.99. The van der Waals surface area contributed by atoms with E-state index in [1.54, 1.807) is 0 Å². The molecule has 10 heteroatoms. The van der Waals surface area contributed by atoms with Crippen LogP contribution in [0.4, 0.5) is 8.78 Å². The number of nitrogens with one attached hydrogen (secondary N) is 1. The van der Waals surface area contributed by atoms with Crippen molar-refractivity contribution < 1.29 is 36.0 Å². The highest BCUT2D eigenvalue weighted by atomic mass is 32.2. The molecule has 1 heterocycles. The van der Waals surface area contributed by atoms with Crippen LogP contribution in [-0.4, -0.2) is 55.6 Å². The molecular formula is C11H16F2NO6S-. The van der Waals surface area contributed by atoms with Crippen molar-refractivity contribution in [3.8, 4) is 0 Å². The summed E-state index contributed by atoms with van der Waals surface area (Å²) >= 11 is 0. The SMILES string of the molecule is O=C(NC1CCCC(OCC2CO2)C1)C(F)(F)S(=O)(=O)[O-]. The van der Waals surface area contributed by atoms with E-state index in [1.807, 2.05) is 5.32 Å². The molecule has 1 amide bonds. The molecule has 0 bridgehead atoms. The van der Waals surface area contributed by atoms with Crippen molar-refractivity contribution in [2.75, 3.05) is 13.2 Å². The standard InChI is InChI=1S/C11H17F2NO6S/c12-11(13,21(16,17)18)10(15)14-7-2-1-3-8(4-7)19-5-9-6-20-9/h7-9H,1-6H2,(H,14,15)(H,16,17,18)/p-1. The molecule has 0 aromatic rings. The van der Waals surface area contributed by atoms with Gasteiger partial charge in [0.2, 0.25) is 0 Å². The maximum absolute atomic E-state index is 13.1. The van der Waals surface area contributed by atoms with Gasteiger partial charge in [-0.05, 0) is 25.7 Å². The van der Waals surface area contributed by atoms with Crippen molar-refractivity contribution in [2.24, 2.45) is 0 Å². The van der Waals surface area contributed by atoms with E-state index >= 15 is 0 Å². The Morgan fingerprint density at radius 2 is 2.10 bits per heavy atom. The summed E-state index contributed by atoms with van der Waals surface area (Å²) in [6, 6.07) is -0.635. The second-order valence-electron chi connectivity index (χ2n) is 5.22. The summed E-state index contributed by atoms with van der Waals surface area (Å²) < 4.78 is 67.8. The highest BCUT2D eigenvalue weighted by Gasteiger charge is 2.47. The average molecular weight is 328 g/mol. The topological polar surface area (TPSA) is 108 Å². The normalized spacial score (nSPS) is 30.0. The molecule has 0 aromatic carbocycles. The van der Waals surface area contributed by atoms with Gasteiger partial charge in [0.1, 0.15) is 6.10 Å². The Labute approximate surface area is 120 Å². The smallest absolute Gasteiger partial charge is 0.410 e. The molecule has 1 aliphatic heterocycles. The molecule has 3 atom stereocenters. The first kappa shape index (κ1) is 16.5. The van der Waals surface area contributed by atoms with E-state index in [1.165, 1.54) is 0 Å². The van der Waals surface area contributed by atoms with Crippen LogP contribution in [0, 0.1) is 0 Å². The van der Waals surface area contributed by atoms with Gasteiger partial charge in [0.15, 0.2) is 10.1 Å². The first-order chi connectivity index (χ1) is 9.70. The fourth-order valence-electron chi connectivity index (χ4n) is 2.22. The van der Waals surface area contributed by atoms with Crippen LogP contribution in [0.15, 0.2) is 0 Å². The third-order valence-corrected chi connectivity index (χ3v) is 4.27. The second kappa shape index (κ2) is 6.11. The molecule has 21 heavy (non-hydrogen) atoms. The van der Waals surface area contributed by atoms with Gasteiger partial charge in [0.05, 0.1) is 19.3 Å². The molecular weight excluding hydrogens is 312 g/mol. The predicted molar refractivity (Wildman–Crippen MR) is 64.5 cm³/mol. The zero-order valence-electron chi connectivity index (χ0n) is 11.1. The van der Waals surface area contributed by atoms with E-state index in [0.717, 1.165) is 6.42 Å². The number of alkyl halides is 2. The zero-order chi connectivity index (χ0) is 15.7. The largest absolute Gasteiger partial charge is 0.743 e. The van der Waals surface area contributed by atoms with Crippen LogP contribution in [-0.2, 0) is 24.4 Å². The number of hydrogen-bond donors (Lipinski definition) is 1. The van der Waals surface area contributed by atoms with Crippen LogP contribution >= 0.6 is 0 Å². The molecule has 1 saturated carbocycles. The third kappa shape index (κ3) is 4.31. The number of epoxide rings is 1. The number of hydrogen-bond acceptors (Lipinski definition) is 6. The summed E-state index contributed by atoms with van der Waals surface area (Å²) in [5.74, 6) is -2.08. The van der Waals surface area contributed by atoms with Crippen molar-refractivity contribution in [3.63, 3.8) is 0 Å². The predicted octanol–water partition coefficient (Wildman–Crippen LogP) is -0.0328. The van der Waals surface area contributed by atoms with Crippen molar-refractivity contribution in [3.05, 3.63) is 0 Å². The van der Waals surface area contributed by atoms with Crippen LogP contribution in [0.3, 0.4) is 0 Å². The maximum Gasteiger partial charge on any atom is 0.410 e.